The Labute approximate surface area is 250 Å². The van der Waals surface area contributed by atoms with Gasteiger partial charge in [-0.3, -0.25) is 9.69 Å². The number of carbonyl (C=O) groups excluding carboxylic acids is 2. The lowest BCUT2D eigenvalue weighted by atomic mass is 10.1. The predicted molar refractivity (Wildman–Crippen MR) is 166 cm³/mol. The van der Waals surface area contributed by atoms with Crippen LogP contribution < -0.4 is 9.47 Å². The van der Waals surface area contributed by atoms with E-state index in [1.807, 2.05) is 54.7 Å². The number of H-pyrrole nitrogens is 1. The maximum atomic E-state index is 13.7. The second kappa shape index (κ2) is 13.1. The van der Waals surface area contributed by atoms with Crippen molar-refractivity contribution in [3.8, 4) is 11.5 Å². The number of hydrogen-bond acceptors (Lipinski definition) is 7. The van der Waals surface area contributed by atoms with Crippen LogP contribution >= 0.6 is 27.7 Å². The Hall–Kier alpha value is -4.02. The number of esters is 1. The molecule has 4 aromatic rings. The number of ether oxygens (including phenoxy) is 3. The molecule has 1 amide bonds. The molecule has 1 aliphatic rings. The van der Waals surface area contributed by atoms with Crippen molar-refractivity contribution in [3.05, 3.63) is 93.4 Å². The molecule has 1 aliphatic heterocycles. The van der Waals surface area contributed by atoms with Crippen LogP contribution in [0.3, 0.4) is 0 Å². The number of halogens is 1. The molecule has 3 aromatic carbocycles. The normalized spacial score (nSPS) is 15.2. The molecule has 10 heteroatoms. The smallest absolute Gasteiger partial charge is 0.344 e. The highest BCUT2D eigenvalue weighted by Crippen LogP contribution is 2.39. The lowest BCUT2D eigenvalue weighted by Gasteiger charge is -2.15. The number of aromatic nitrogens is 1. The lowest BCUT2D eigenvalue weighted by molar-refractivity contribution is -0.145. The van der Waals surface area contributed by atoms with Gasteiger partial charge in [-0.15, -0.1) is 0 Å². The van der Waals surface area contributed by atoms with Crippen molar-refractivity contribution in [2.24, 2.45) is 4.99 Å². The molecule has 0 spiro atoms. The Balaban J connectivity index is 1.42. The number of fused-ring (bicyclic) bond motifs is 1. The van der Waals surface area contributed by atoms with Crippen molar-refractivity contribution in [2.45, 2.75) is 13.3 Å². The maximum absolute atomic E-state index is 13.7. The highest BCUT2D eigenvalue weighted by atomic mass is 79.9. The number of nitrogens with one attached hydrogen (secondary N) is 1. The van der Waals surface area contributed by atoms with Crippen molar-refractivity contribution in [2.75, 3.05) is 26.9 Å². The zero-order valence-electron chi connectivity index (χ0n) is 22.6. The Morgan fingerprint density at radius 1 is 1.10 bits per heavy atom. The van der Waals surface area contributed by atoms with Crippen molar-refractivity contribution < 1.29 is 23.8 Å². The van der Waals surface area contributed by atoms with Crippen LogP contribution in [0.2, 0.25) is 0 Å². The average molecular weight is 635 g/mol. The molecule has 1 saturated heterocycles. The van der Waals surface area contributed by atoms with Crippen LogP contribution in [0.1, 0.15) is 18.1 Å². The van der Waals surface area contributed by atoms with Gasteiger partial charge in [0, 0.05) is 28.1 Å². The van der Waals surface area contributed by atoms with Crippen LogP contribution in [-0.4, -0.2) is 53.8 Å². The first kappa shape index (κ1) is 28.5. The summed E-state index contributed by atoms with van der Waals surface area (Å²) >= 11 is 4.90. The van der Waals surface area contributed by atoms with E-state index in [-0.39, 0.29) is 19.1 Å². The summed E-state index contributed by atoms with van der Waals surface area (Å²) in [5.74, 6) is 0.210. The Kier molecular flexibility index (Phi) is 9.11. The summed E-state index contributed by atoms with van der Waals surface area (Å²) in [6, 6.07) is 21.2. The van der Waals surface area contributed by atoms with Crippen LogP contribution in [0.15, 0.2) is 87.3 Å². The molecule has 0 unspecified atom stereocenters. The minimum Gasteiger partial charge on any atom is -0.493 e. The van der Waals surface area contributed by atoms with Crippen LogP contribution in [0.5, 0.6) is 11.5 Å². The third kappa shape index (κ3) is 6.66. The van der Waals surface area contributed by atoms with Crippen molar-refractivity contribution in [1.82, 2.24) is 9.88 Å². The standard InChI is InChI=1S/C31H28BrN3O5S/c1-3-39-29(36)19-40-27-17-24(32)21(15-26(27)38-2)16-28-30(37)35(31(41-28)34-22-9-5-4-6-10-22)14-13-20-18-33-25-12-8-7-11-23(20)25/h4-12,15-18,33H,3,13-14,19H2,1-2H3/b28-16-,34-31?. The van der Waals surface area contributed by atoms with E-state index < -0.39 is 5.97 Å². The fourth-order valence-electron chi connectivity index (χ4n) is 4.39. The maximum Gasteiger partial charge on any atom is 0.344 e. The van der Waals surface area contributed by atoms with Gasteiger partial charge in [-0.05, 0) is 72.6 Å². The molecule has 0 bridgehead atoms. The number of carbonyl (C=O) groups is 2. The molecule has 210 valence electrons. The van der Waals surface area contributed by atoms with Gasteiger partial charge in [-0.25, -0.2) is 9.79 Å². The van der Waals surface area contributed by atoms with Crippen LogP contribution in [0, 0.1) is 0 Å². The molecule has 1 N–H and O–H groups in total. The number of aromatic amines is 1. The third-order valence-corrected chi connectivity index (χ3v) is 8.06. The van der Waals surface area contributed by atoms with Gasteiger partial charge in [-0.1, -0.05) is 52.3 Å². The quantitative estimate of drug-likeness (QED) is 0.154. The zero-order chi connectivity index (χ0) is 28.8. The highest BCUT2D eigenvalue weighted by Gasteiger charge is 2.33. The van der Waals surface area contributed by atoms with Crippen molar-refractivity contribution in [1.29, 1.82) is 0 Å². The first-order valence-electron chi connectivity index (χ1n) is 13.0. The summed E-state index contributed by atoms with van der Waals surface area (Å²) in [5, 5.41) is 1.76. The summed E-state index contributed by atoms with van der Waals surface area (Å²) in [4.78, 5) is 35.9. The van der Waals surface area contributed by atoms with E-state index in [0.29, 0.717) is 39.0 Å². The van der Waals surface area contributed by atoms with Crippen LogP contribution in [0.25, 0.3) is 17.0 Å². The van der Waals surface area contributed by atoms with Gasteiger partial charge in [0.05, 0.1) is 24.3 Å². The molecule has 5 rings (SSSR count). The van der Waals surface area contributed by atoms with Gasteiger partial charge < -0.3 is 19.2 Å². The largest absolute Gasteiger partial charge is 0.493 e. The lowest BCUT2D eigenvalue weighted by Crippen LogP contribution is -2.31. The molecule has 0 atom stereocenters. The van der Waals surface area contributed by atoms with E-state index in [1.165, 1.54) is 18.9 Å². The first-order valence-corrected chi connectivity index (χ1v) is 14.6. The highest BCUT2D eigenvalue weighted by molar-refractivity contribution is 9.10. The van der Waals surface area contributed by atoms with E-state index in [4.69, 9.17) is 19.2 Å². The Bertz CT molecular complexity index is 1630. The first-order chi connectivity index (χ1) is 20.0. The van der Waals surface area contributed by atoms with Crippen LogP contribution in [-0.2, 0) is 20.7 Å². The Morgan fingerprint density at radius 3 is 2.66 bits per heavy atom. The van der Waals surface area contributed by atoms with Gasteiger partial charge >= 0.3 is 5.97 Å². The molecular formula is C31H28BrN3O5S. The SMILES string of the molecule is CCOC(=O)COc1cc(Br)c(/C=C2\SC(=Nc3ccccc3)N(CCc3c[nH]c4ccccc34)C2=O)cc1OC. The van der Waals surface area contributed by atoms with Crippen molar-refractivity contribution >= 4 is 67.4 Å². The van der Waals surface area contributed by atoms with E-state index in [1.54, 1.807) is 30.0 Å². The van der Waals surface area contributed by atoms with Crippen LogP contribution in [0.4, 0.5) is 5.69 Å². The molecule has 8 nitrogen and oxygen atoms in total. The molecule has 2 heterocycles. The molecule has 1 aromatic heterocycles. The summed E-state index contributed by atoms with van der Waals surface area (Å²) in [5.41, 5.74) is 3.70. The molecule has 0 aliphatic carbocycles. The number of para-hydroxylation sites is 2. The fourth-order valence-corrected chi connectivity index (χ4v) is 5.84. The molecule has 0 saturated carbocycles. The fraction of sp³-hybridized carbons (Fsp3) is 0.194. The van der Waals surface area contributed by atoms with Crippen molar-refractivity contribution in [3.63, 3.8) is 0 Å². The number of methoxy groups -OCH3 is 1. The van der Waals surface area contributed by atoms with E-state index in [0.717, 1.165) is 27.7 Å². The predicted octanol–water partition coefficient (Wildman–Crippen LogP) is 6.73. The second-order valence-corrected chi connectivity index (χ2v) is 10.9. The monoisotopic (exact) mass is 633 g/mol. The zero-order valence-corrected chi connectivity index (χ0v) is 25.0. The topological polar surface area (TPSA) is 93.2 Å². The second-order valence-electron chi connectivity index (χ2n) is 9.03. The van der Waals surface area contributed by atoms with Gasteiger partial charge in [0.2, 0.25) is 0 Å². The molecular weight excluding hydrogens is 606 g/mol. The number of nitrogens with zero attached hydrogens (tertiary/aromatic N) is 2. The summed E-state index contributed by atoms with van der Waals surface area (Å²) in [7, 11) is 1.52. The molecule has 1 fully saturated rings. The van der Waals surface area contributed by atoms with E-state index in [9.17, 15) is 9.59 Å². The number of benzene rings is 3. The van der Waals surface area contributed by atoms with E-state index >= 15 is 0 Å². The number of amidine groups is 1. The molecule has 0 radical (unpaired) electrons. The average Bonchev–Trinajstić information content (AvgIpc) is 3.52. The minimum absolute atomic E-state index is 0.127. The summed E-state index contributed by atoms with van der Waals surface area (Å²) < 4.78 is 16.7. The Morgan fingerprint density at radius 2 is 1.88 bits per heavy atom. The number of hydrogen-bond donors (Lipinski definition) is 1. The number of rotatable bonds is 10. The minimum atomic E-state index is -0.470. The number of aliphatic imine (C=N–C) groups is 1. The number of thioether (sulfide) groups is 1. The third-order valence-electron chi connectivity index (χ3n) is 6.37. The van der Waals surface area contributed by atoms with E-state index in [2.05, 4.69) is 27.0 Å². The van der Waals surface area contributed by atoms with Gasteiger partial charge in [0.1, 0.15) is 0 Å². The van der Waals surface area contributed by atoms with Gasteiger partial charge in [-0.2, -0.15) is 0 Å². The van der Waals surface area contributed by atoms with Gasteiger partial charge in [0.15, 0.2) is 23.3 Å². The molecule has 41 heavy (non-hydrogen) atoms. The summed E-state index contributed by atoms with van der Waals surface area (Å²) in [6.45, 7) is 2.24. The van der Waals surface area contributed by atoms with Gasteiger partial charge in [0.25, 0.3) is 5.91 Å². The number of amides is 1. The summed E-state index contributed by atoms with van der Waals surface area (Å²) in [6.07, 6.45) is 4.47.